The van der Waals surface area contributed by atoms with Crippen LogP contribution >= 0.6 is 12.4 Å². The second-order valence-corrected chi connectivity index (χ2v) is 5.74. The summed E-state index contributed by atoms with van der Waals surface area (Å²) in [7, 11) is 0. The lowest BCUT2D eigenvalue weighted by Crippen LogP contribution is -2.40. The zero-order chi connectivity index (χ0) is 14.7. The highest BCUT2D eigenvalue weighted by Gasteiger charge is 2.20. The number of halogens is 1. The van der Waals surface area contributed by atoms with Gasteiger partial charge in [0.1, 0.15) is 0 Å². The Labute approximate surface area is 137 Å². The van der Waals surface area contributed by atoms with E-state index in [9.17, 15) is 4.79 Å². The molecule has 0 aromatic heterocycles. The minimum absolute atomic E-state index is 0. The molecule has 0 radical (unpaired) electrons. The number of morpholine rings is 1. The third-order valence-corrected chi connectivity index (χ3v) is 4.12. The van der Waals surface area contributed by atoms with Gasteiger partial charge in [0.25, 0.3) is 0 Å². The number of fused-ring (bicyclic) bond motifs is 1. The predicted octanol–water partition coefficient (Wildman–Crippen LogP) is 3.41. The number of rotatable bonds is 4. The number of ketones is 1. The highest BCUT2D eigenvalue weighted by Crippen LogP contribution is 2.18. The first-order valence-corrected chi connectivity index (χ1v) is 7.57. The lowest BCUT2D eigenvalue weighted by molar-refractivity contribution is 0.0313. The summed E-state index contributed by atoms with van der Waals surface area (Å²) in [4.78, 5) is 14.9. The number of nitrogens with zero attached hydrogens (tertiary/aromatic N) is 1. The Hall–Kier alpha value is -1.42. The van der Waals surface area contributed by atoms with E-state index in [1.54, 1.807) is 0 Å². The van der Waals surface area contributed by atoms with Crippen molar-refractivity contribution in [3.8, 4) is 0 Å². The number of hydrogen-bond donors (Lipinski definition) is 0. The third kappa shape index (κ3) is 3.86. The van der Waals surface area contributed by atoms with Crippen LogP contribution in [-0.4, -0.2) is 43.5 Å². The standard InChI is InChI=1S/C18H21NO2.ClH/c1-14(13-19-8-10-21-11-9-19)18(20)17-7-6-15-4-2-3-5-16(15)12-17;/h2-7,12,14H,8-11,13H2,1H3;1H. The Morgan fingerprint density at radius 1 is 1.14 bits per heavy atom. The van der Waals surface area contributed by atoms with Gasteiger partial charge in [-0.3, -0.25) is 9.69 Å². The lowest BCUT2D eigenvalue weighted by atomic mass is 9.96. The number of carbonyl (C=O) groups is 1. The van der Waals surface area contributed by atoms with Crippen LogP contribution in [0.2, 0.25) is 0 Å². The van der Waals surface area contributed by atoms with Gasteiger partial charge >= 0.3 is 0 Å². The minimum Gasteiger partial charge on any atom is -0.379 e. The third-order valence-electron chi connectivity index (χ3n) is 4.12. The summed E-state index contributed by atoms with van der Waals surface area (Å²) >= 11 is 0. The molecule has 1 heterocycles. The zero-order valence-corrected chi connectivity index (χ0v) is 13.6. The van der Waals surface area contributed by atoms with Gasteiger partial charge in [0.2, 0.25) is 0 Å². The van der Waals surface area contributed by atoms with E-state index >= 15 is 0 Å². The van der Waals surface area contributed by atoms with E-state index in [0.29, 0.717) is 0 Å². The van der Waals surface area contributed by atoms with Crippen molar-refractivity contribution in [2.75, 3.05) is 32.8 Å². The van der Waals surface area contributed by atoms with Gasteiger partial charge in [0.15, 0.2) is 5.78 Å². The molecule has 2 aromatic rings. The van der Waals surface area contributed by atoms with E-state index < -0.39 is 0 Å². The maximum atomic E-state index is 12.6. The van der Waals surface area contributed by atoms with Crippen LogP contribution in [0.1, 0.15) is 17.3 Å². The Balaban J connectivity index is 0.00000176. The van der Waals surface area contributed by atoms with Crippen molar-refractivity contribution in [2.24, 2.45) is 5.92 Å². The Kier molecular flexibility index (Phi) is 5.95. The summed E-state index contributed by atoms with van der Waals surface area (Å²) in [6.45, 7) is 6.24. The fourth-order valence-electron chi connectivity index (χ4n) is 2.88. The molecule has 1 aliphatic heterocycles. The highest BCUT2D eigenvalue weighted by molar-refractivity contribution is 6.01. The monoisotopic (exact) mass is 319 g/mol. The van der Waals surface area contributed by atoms with Crippen molar-refractivity contribution in [3.63, 3.8) is 0 Å². The van der Waals surface area contributed by atoms with Gasteiger partial charge in [0.05, 0.1) is 13.2 Å². The maximum absolute atomic E-state index is 12.6. The van der Waals surface area contributed by atoms with E-state index in [4.69, 9.17) is 4.74 Å². The largest absolute Gasteiger partial charge is 0.379 e. The zero-order valence-electron chi connectivity index (χ0n) is 12.8. The molecule has 0 saturated carbocycles. The van der Waals surface area contributed by atoms with E-state index in [2.05, 4.69) is 17.0 Å². The molecule has 118 valence electrons. The van der Waals surface area contributed by atoms with Gasteiger partial charge in [-0.15, -0.1) is 12.4 Å². The average Bonchev–Trinajstić information content (AvgIpc) is 2.54. The Morgan fingerprint density at radius 3 is 2.55 bits per heavy atom. The molecule has 3 rings (SSSR count). The normalized spacial score (nSPS) is 17.0. The van der Waals surface area contributed by atoms with Crippen LogP contribution in [0.5, 0.6) is 0 Å². The molecule has 1 saturated heterocycles. The Morgan fingerprint density at radius 2 is 1.82 bits per heavy atom. The van der Waals surface area contributed by atoms with Gasteiger partial charge < -0.3 is 4.74 Å². The highest BCUT2D eigenvalue weighted by atomic mass is 35.5. The van der Waals surface area contributed by atoms with Crippen molar-refractivity contribution in [1.82, 2.24) is 4.90 Å². The van der Waals surface area contributed by atoms with Crippen molar-refractivity contribution >= 4 is 29.0 Å². The fourth-order valence-corrected chi connectivity index (χ4v) is 2.88. The SMILES string of the molecule is CC(CN1CCOCC1)C(=O)c1ccc2ccccc2c1.Cl. The molecule has 0 aliphatic carbocycles. The smallest absolute Gasteiger partial charge is 0.166 e. The summed E-state index contributed by atoms with van der Waals surface area (Å²) in [6.07, 6.45) is 0. The van der Waals surface area contributed by atoms with E-state index in [0.717, 1.165) is 43.8 Å². The molecule has 4 heteroatoms. The van der Waals surface area contributed by atoms with Crippen molar-refractivity contribution in [2.45, 2.75) is 6.92 Å². The molecule has 0 spiro atoms. The molecular weight excluding hydrogens is 298 g/mol. The number of benzene rings is 2. The topological polar surface area (TPSA) is 29.5 Å². The fraction of sp³-hybridized carbons (Fsp3) is 0.389. The summed E-state index contributed by atoms with van der Waals surface area (Å²) in [5.74, 6) is 0.247. The van der Waals surface area contributed by atoms with Crippen molar-refractivity contribution < 1.29 is 9.53 Å². The molecule has 1 atom stereocenters. The van der Waals surface area contributed by atoms with Crippen LogP contribution in [0.15, 0.2) is 42.5 Å². The summed E-state index contributed by atoms with van der Waals surface area (Å²) in [6, 6.07) is 14.1. The molecule has 1 aliphatic rings. The number of carbonyl (C=O) groups excluding carboxylic acids is 1. The summed E-state index contributed by atoms with van der Waals surface area (Å²) in [5.41, 5.74) is 0.814. The molecule has 3 nitrogen and oxygen atoms in total. The molecule has 22 heavy (non-hydrogen) atoms. The van der Waals surface area contributed by atoms with Crippen molar-refractivity contribution in [3.05, 3.63) is 48.0 Å². The molecular formula is C18H22ClNO2. The Bertz CT molecular complexity index is 638. The lowest BCUT2D eigenvalue weighted by Gasteiger charge is -2.28. The van der Waals surface area contributed by atoms with Crippen LogP contribution in [0, 0.1) is 5.92 Å². The molecule has 0 amide bonds. The summed E-state index contributed by atoms with van der Waals surface area (Å²) < 4.78 is 5.35. The molecule has 0 N–H and O–H groups in total. The van der Waals surface area contributed by atoms with Gasteiger partial charge in [-0.25, -0.2) is 0 Å². The number of hydrogen-bond acceptors (Lipinski definition) is 3. The van der Waals surface area contributed by atoms with Crippen LogP contribution in [-0.2, 0) is 4.74 Å². The predicted molar refractivity (Wildman–Crippen MR) is 91.9 cm³/mol. The second-order valence-electron chi connectivity index (χ2n) is 5.74. The van der Waals surface area contributed by atoms with Gasteiger partial charge in [0, 0.05) is 31.1 Å². The first kappa shape index (κ1) is 16.9. The van der Waals surface area contributed by atoms with Gasteiger partial charge in [-0.2, -0.15) is 0 Å². The second kappa shape index (κ2) is 7.73. The van der Waals surface area contributed by atoms with E-state index in [1.807, 2.05) is 37.3 Å². The maximum Gasteiger partial charge on any atom is 0.166 e. The van der Waals surface area contributed by atoms with Gasteiger partial charge in [-0.1, -0.05) is 43.3 Å². The molecule has 1 fully saturated rings. The van der Waals surface area contributed by atoms with Crippen molar-refractivity contribution in [1.29, 1.82) is 0 Å². The molecule has 2 aromatic carbocycles. The number of Topliss-reactive ketones (excluding diaryl/α,β-unsaturated/α-hetero) is 1. The van der Waals surface area contributed by atoms with Gasteiger partial charge in [-0.05, 0) is 16.8 Å². The first-order valence-electron chi connectivity index (χ1n) is 7.57. The summed E-state index contributed by atoms with van der Waals surface area (Å²) in [5, 5.41) is 2.30. The molecule has 0 bridgehead atoms. The minimum atomic E-state index is 0. The van der Waals surface area contributed by atoms with Crippen LogP contribution in [0.3, 0.4) is 0 Å². The first-order chi connectivity index (χ1) is 10.2. The molecule has 1 unspecified atom stereocenters. The quantitative estimate of drug-likeness (QED) is 0.809. The van der Waals surface area contributed by atoms with Crippen LogP contribution < -0.4 is 0 Å². The average molecular weight is 320 g/mol. The van der Waals surface area contributed by atoms with Crippen LogP contribution in [0.4, 0.5) is 0 Å². The van der Waals surface area contributed by atoms with E-state index in [1.165, 1.54) is 5.39 Å². The van der Waals surface area contributed by atoms with Crippen LogP contribution in [0.25, 0.3) is 10.8 Å². The van der Waals surface area contributed by atoms with E-state index in [-0.39, 0.29) is 24.1 Å². The number of ether oxygens (including phenoxy) is 1.